The first-order chi connectivity index (χ1) is 7.09. The van der Waals surface area contributed by atoms with Gasteiger partial charge in [0.05, 0.1) is 4.92 Å². The van der Waals surface area contributed by atoms with E-state index in [1.807, 2.05) is 0 Å². The lowest BCUT2D eigenvalue weighted by atomic mass is 10.1. The van der Waals surface area contributed by atoms with Gasteiger partial charge in [0, 0.05) is 23.2 Å². The number of benzene rings is 1. The number of nitrogen functional groups attached to an aromatic ring is 1. The van der Waals surface area contributed by atoms with E-state index in [1.54, 1.807) is 19.1 Å². The molecule has 5 nitrogen and oxygen atoms in total. The number of nitrogens with zero attached hydrogens (tertiary/aromatic N) is 2. The number of rotatable bonds is 1. The lowest BCUT2D eigenvalue weighted by molar-refractivity contribution is -0.385. The first-order valence-electron chi connectivity index (χ1n) is 4.39. The quantitative estimate of drug-likeness (QED) is 0.567. The Hall–Kier alpha value is -2.17. The Kier molecular flexibility index (Phi) is 2.00. The van der Waals surface area contributed by atoms with Crippen molar-refractivity contribution >= 4 is 22.3 Å². The minimum absolute atomic E-state index is 0.105. The van der Waals surface area contributed by atoms with Crippen LogP contribution in [0.5, 0.6) is 0 Å². The maximum Gasteiger partial charge on any atom is 0.272 e. The molecule has 2 N–H and O–H groups in total. The monoisotopic (exact) mass is 203 g/mol. The van der Waals surface area contributed by atoms with Gasteiger partial charge >= 0.3 is 0 Å². The Morgan fingerprint density at radius 2 is 2.20 bits per heavy atom. The van der Waals surface area contributed by atoms with Gasteiger partial charge in [-0.3, -0.25) is 10.1 Å². The molecule has 0 spiro atoms. The summed E-state index contributed by atoms with van der Waals surface area (Å²) in [6, 6.07) is 4.91. The Morgan fingerprint density at radius 1 is 1.47 bits per heavy atom. The normalized spacial score (nSPS) is 10.5. The highest BCUT2D eigenvalue weighted by molar-refractivity contribution is 5.93. The number of hydrogen-bond acceptors (Lipinski definition) is 4. The average molecular weight is 203 g/mol. The highest BCUT2D eigenvalue weighted by atomic mass is 16.6. The first kappa shape index (κ1) is 9.39. The van der Waals surface area contributed by atoms with Crippen LogP contribution in [0, 0.1) is 17.0 Å². The van der Waals surface area contributed by atoms with E-state index in [9.17, 15) is 10.1 Å². The van der Waals surface area contributed by atoms with Crippen LogP contribution >= 0.6 is 0 Å². The zero-order valence-corrected chi connectivity index (χ0v) is 8.10. The van der Waals surface area contributed by atoms with Gasteiger partial charge in [0.15, 0.2) is 0 Å². The third-order valence-corrected chi connectivity index (χ3v) is 2.31. The largest absolute Gasteiger partial charge is 0.383 e. The zero-order valence-electron chi connectivity index (χ0n) is 8.10. The van der Waals surface area contributed by atoms with Gasteiger partial charge < -0.3 is 5.73 Å². The van der Waals surface area contributed by atoms with Crippen molar-refractivity contribution < 1.29 is 4.92 Å². The van der Waals surface area contributed by atoms with Gasteiger partial charge in [-0.05, 0) is 24.4 Å². The van der Waals surface area contributed by atoms with Crippen molar-refractivity contribution in [3.8, 4) is 0 Å². The van der Waals surface area contributed by atoms with Crippen LogP contribution in [0.15, 0.2) is 24.4 Å². The van der Waals surface area contributed by atoms with Crippen LogP contribution in [0.25, 0.3) is 10.8 Å². The molecule has 1 heterocycles. The molecule has 0 aliphatic rings. The summed E-state index contributed by atoms with van der Waals surface area (Å²) in [5.74, 6) is 0.394. The number of aromatic nitrogens is 1. The molecular weight excluding hydrogens is 194 g/mol. The summed E-state index contributed by atoms with van der Waals surface area (Å²) < 4.78 is 0. The third kappa shape index (κ3) is 1.48. The molecule has 76 valence electrons. The van der Waals surface area contributed by atoms with Gasteiger partial charge in [0.1, 0.15) is 5.82 Å². The molecule has 0 aliphatic heterocycles. The highest BCUT2D eigenvalue weighted by Gasteiger charge is 2.12. The van der Waals surface area contributed by atoms with Gasteiger partial charge in [-0.25, -0.2) is 4.98 Å². The Bertz CT molecular complexity index is 552. The predicted molar refractivity (Wildman–Crippen MR) is 57.5 cm³/mol. The number of fused-ring (bicyclic) bond motifs is 1. The molecule has 1 aromatic heterocycles. The van der Waals surface area contributed by atoms with Crippen LogP contribution in [0.3, 0.4) is 0 Å². The molecule has 5 heteroatoms. The number of nitrogens with two attached hydrogens (primary N) is 1. The van der Waals surface area contributed by atoms with Crippen LogP contribution in [0.4, 0.5) is 11.5 Å². The second-order valence-corrected chi connectivity index (χ2v) is 3.31. The Labute approximate surface area is 85.7 Å². The lowest BCUT2D eigenvalue weighted by Crippen LogP contribution is -1.95. The number of nitro groups is 1. The second-order valence-electron chi connectivity index (χ2n) is 3.31. The number of pyridine rings is 1. The number of aryl methyl sites for hydroxylation is 1. The molecule has 2 rings (SSSR count). The zero-order chi connectivity index (χ0) is 11.0. The summed E-state index contributed by atoms with van der Waals surface area (Å²) in [5.41, 5.74) is 6.37. The smallest absolute Gasteiger partial charge is 0.272 e. The molecule has 0 saturated heterocycles. The van der Waals surface area contributed by atoms with Crippen molar-refractivity contribution in [1.82, 2.24) is 4.98 Å². The van der Waals surface area contributed by atoms with Crippen molar-refractivity contribution in [2.45, 2.75) is 6.92 Å². The predicted octanol–water partition coefficient (Wildman–Crippen LogP) is 2.03. The van der Waals surface area contributed by atoms with Crippen molar-refractivity contribution in [2.75, 3.05) is 5.73 Å². The molecule has 0 bridgehead atoms. The van der Waals surface area contributed by atoms with Gasteiger partial charge in [0.25, 0.3) is 5.69 Å². The van der Waals surface area contributed by atoms with Crippen molar-refractivity contribution in [3.63, 3.8) is 0 Å². The topological polar surface area (TPSA) is 82.0 Å². The summed E-state index contributed by atoms with van der Waals surface area (Å²) in [4.78, 5) is 14.2. The van der Waals surface area contributed by atoms with Crippen molar-refractivity contribution in [3.05, 3.63) is 40.1 Å². The SMILES string of the molecule is Cc1cc2c(N)nccc2cc1[N+](=O)[O-]. The number of hydrogen-bond donors (Lipinski definition) is 1. The molecule has 0 atom stereocenters. The van der Waals surface area contributed by atoms with Gasteiger partial charge in [-0.1, -0.05) is 0 Å². The number of nitro benzene ring substituents is 1. The summed E-state index contributed by atoms with van der Waals surface area (Å²) in [6.45, 7) is 1.68. The van der Waals surface area contributed by atoms with E-state index in [4.69, 9.17) is 5.73 Å². The van der Waals surface area contributed by atoms with E-state index in [-0.39, 0.29) is 5.69 Å². The minimum Gasteiger partial charge on any atom is -0.383 e. The van der Waals surface area contributed by atoms with E-state index < -0.39 is 4.92 Å². The fourth-order valence-corrected chi connectivity index (χ4v) is 1.54. The van der Waals surface area contributed by atoms with Gasteiger partial charge in [-0.15, -0.1) is 0 Å². The van der Waals surface area contributed by atoms with E-state index in [2.05, 4.69) is 4.98 Å². The van der Waals surface area contributed by atoms with Crippen LogP contribution < -0.4 is 5.73 Å². The van der Waals surface area contributed by atoms with Crippen molar-refractivity contribution in [2.24, 2.45) is 0 Å². The molecular formula is C10H9N3O2. The maximum atomic E-state index is 10.7. The van der Waals surface area contributed by atoms with Gasteiger partial charge in [-0.2, -0.15) is 0 Å². The lowest BCUT2D eigenvalue weighted by Gasteiger charge is -2.03. The second kappa shape index (κ2) is 3.20. The summed E-state index contributed by atoms with van der Waals surface area (Å²) in [5, 5.41) is 12.2. The van der Waals surface area contributed by atoms with Crippen LogP contribution in [0.2, 0.25) is 0 Å². The molecule has 2 aromatic rings. The standard InChI is InChI=1S/C10H9N3O2/c1-6-4-8-7(2-3-12-10(8)11)5-9(6)13(14)15/h2-5H,1H3,(H2,11,12). The molecule has 0 aliphatic carbocycles. The van der Waals surface area contributed by atoms with Crippen LogP contribution in [-0.4, -0.2) is 9.91 Å². The summed E-state index contributed by atoms with van der Waals surface area (Å²) in [7, 11) is 0. The fraction of sp³-hybridized carbons (Fsp3) is 0.100. The van der Waals surface area contributed by atoms with Crippen LogP contribution in [-0.2, 0) is 0 Å². The molecule has 0 fully saturated rings. The van der Waals surface area contributed by atoms with E-state index in [1.165, 1.54) is 12.3 Å². The Morgan fingerprint density at radius 3 is 2.87 bits per heavy atom. The first-order valence-corrected chi connectivity index (χ1v) is 4.39. The third-order valence-electron chi connectivity index (χ3n) is 2.31. The minimum atomic E-state index is -0.397. The van der Waals surface area contributed by atoms with Gasteiger partial charge in [0.2, 0.25) is 0 Å². The van der Waals surface area contributed by atoms with E-state index in [0.29, 0.717) is 11.4 Å². The molecule has 0 saturated carbocycles. The van der Waals surface area contributed by atoms with Crippen LogP contribution in [0.1, 0.15) is 5.56 Å². The molecule has 0 radical (unpaired) electrons. The average Bonchev–Trinajstić information content (AvgIpc) is 2.18. The summed E-state index contributed by atoms with van der Waals surface area (Å²) >= 11 is 0. The molecule has 15 heavy (non-hydrogen) atoms. The molecule has 1 aromatic carbocycles. The molecule has 0 amide bonds. The fourth-order valence-electron chi connectivity index (χ4n) is 1.54. The Balaban J connectivity index is 2.82. The summed E-state index contributed by atoms with van der Waals surface area (Å²) in [6.07, 6.45) is 1.54. The highest BCUT2D eigenvalue weighted by Crippen LogP contribution is 2.27. The molecule has 0 unspecified atom stereocenters. The van der Waals surface area contributed by atoms with E-state index in [0.717, 1.165) is 10.8 Å². The van der Waals surface area contributed by atoms with E-state index >= 15 is 0 Å². The maximum absolute atomic E-state index is 10.7. The van der Waals surface area contributed by atoms with Crippen molar-refractivity contribution in [1.29, 1.82) is 0 Å². The number of anilines is 1.